The van der Waals surface area contributed by atoms with Crippen LogP contribution in [0, 0.1) is 41.9 Å². The summed E-state index contributed by atoms with van der Waals surface area (Å²) in [7, 11) is 0. The Morgan fingerprint density at radius 3 is 2.37 bits per heavy atom. The smallest absolute Gasteiger partial charge is 0.379 e. The summed E-state index contributed by atoms with van der Waals surface area (Å²) in [5, 5.41) is 66.3. The van der Waals surface area contributed by atoms with Crippen LogP contribution < -0.4 is 0 Å². The minimum Gasteiger partial charge on any atom is -0.507 e. The van der Waals surface area contributed by atoms with Crippen molar-refractivity contribution >= 4 is 35.5 Å². The molecule has 2 saturated heterocycles. The van der Waals surface area contributed by atoms with Gasteiger partial charge in [-0.25, -0.2) is 14.4 Å². The van der Waals surface area contributed by atoms with Crippen LogP contribution >= 0.6 is 11.6 Å². The monoisotopic (exact) mass is 956 g/mol. The van der Waals surface area contributed by atoms with Crippen LogP contribution in [0.4, 0.5) is 0 Å². The highest BCUT2D eigenvalue weighted by molar-refractivity contribution is 6.32. The number of carboxylic acids is 1. The number of allylic oxidation sites excluding steroid dienone is 2. The molecular formula is C49H61ClO17. The molecule has 1 aromatic carbocycles. The van der Waals surface area contributed by atoms with Crippen molar-refractivity contribution < 1.29 is 83.0 Å². The molecule has 9 unspecified atom stereocenters. The normalized spacial score (nSPS) is 41.6. The molecule has 6 N–H and O–H groups in total. The van der Waals surface area contributed by atoms with Gasteiger partial charge in [-0.1, -0.05) is 61.7 Å². The topological polar surface area (TPSA) is 254 Å². The molecule has 2 bridgehead atoms. The van der Waals surface area contributed by atoms with Crippen molar-refractivity contribution in [2.24, 2.45) is 35.0 Å². The Hall–Kier alpha value is -4.33. The van der Waals surface area contributed by atoms with E-state index < -0.39 is 120 Å². The highest BCUT2D eigenvalue weighted by Gasteiger charge is 2.60. The van der Waals surface area contributed by atoms with E-state index in [4.69, 9.17) is 44.8 Å². The number of hydrogen-bond donors (Lipinski definition) is 6. The molecule has 17 atom stereocenters. The molecule has 67 heavy (non-hydrogen) atoms. The van der Waals surface area contributed by atoms with E-state index in [0.717, 1.165) is 12.8 Å². The summed E-state index contributed by atoms with van der Waals surface area (Å²) in [6.45, 7) is 8.26. The Morgan fingerprint density at radius 2 is 1.64 bits per heavy atom. The molecule has 4 aliphatic heterocycles. The van der Waals surface area contributed by atoms with Crippen molar-refractivity contribution in [2.75, 3.05) is 0 Å². The number of ether oxygens (including phenoxy) is 7. The Morgan fingerprint density at radius 1 is 0.896 bits per heavy atom. The van der Waals surface area contributed by atoms with Crippen molar-refractivity contribution in [3.05, 3.63) is 75.8 Å². The lowest BCUT2D eigenvalue weighted by molar-refractivity contribution is -0.343. The van der Waals surface area contributed by atoms with Gasteiger partial charge in [0, 0.05) is 35.3 Å². The molecular weight excluding hydrogens is 896 g/mol. The first-order chi connectivity index (χ1) is 31.8. The minimum absolute atomic E-state index is 0.0323. The molecule has 3 aliphatic carbocycles. The molecule has 3 fully saturated rings. The predicted molar refractivity (Wildman–Crippen MR) is 235 cm³/mol. The second-order valence-electron chi connectivity index (χ2n) is 19.5. The maximum atomic E-state index is 14.7. The summed E-state index contributed by atoms with van der Waals surface area (Å²) in [4.78, 5) is 53.5. The number of carboxylic acid groups (broad SMARTS) is 1. The molecule has 4 heterocycles. The molecule has 17 nitrogen and oxygen atoms in total. The summed E-state index contributed by atoms with van der Waals surface area (Å²) < 4.78 is 42.2. The van der Waals surface area contributed by atoms with Crippen LogP contribution in [-0.2, 0) is 47.5 Å². The number of hydrogen-bond acceptors (Lipinski definition) is 16. The average molecular weight is 957 g/mol. The Kier molecular flexibility index (Phi) is 14.1. The summed E-state index contributed by atoms with van der Waals surface area (Å²) >= 11 is 6.15. The summed E-state index contributed by atoms with van der Waals surface area (Å²) in [5.41, 5.74) is -2.56. The number of esters is 3. The van der Waals surface area contributed by atoms with Crippen LogP contribution in [-0.4, -0.2) is 122 Å². The Balaban J connectivity index is 0.950. The molecule has 0 radical (unpaired) electrons. The standard InChI is InChI=1S/C49H61ClO17/c1-22-21-49-27(19-29(22)43(56)57)12-9-7-6-8-11-26-15-16-28-30(48(26,5)47(60)66-41(42(49)55)45(59)67-49)13-10-14-34(28)63-46-38(54)37(53)40(25(4)62-46)64-35-20-33(52)39(24(3)61-35)65-44(58)36-23(2)31(50)17-18-32(36)51/h9,12,15-19,22,24-28,30,33-35,37-40,46,51-55H,6-8,10-11,13-14,20-21H2,1-5H3,(H,56,57)/b12-9+/t22-,24?,25?,26-,27-,28+,30-,33?,34+,35?,37?,38?,39?,40?,46?,48-,49+/m1/s1. The van der Waals surface area contributed by atoms with Crippen LogP contribution in [0.5, 0.6) is 5.75 Å². The third kappa shape index (κ3) is 8.95. The average Bonchev–Trinajstić information content (AvgIpc) is 3.50. The van der Waals surface area contributed by atoms with Gasteiger partial charge in [-0.3, -0.25) is 4.79 Å². The lowest BCUT2D eigenvalue weighted by Crippen LogP contribution is -2.61. The quantitative estimate of drug-likeness (QED) is 0.110. The first-order valence-corrected chi connectivity index (χ1v) is 23.7. The number of aromatic hydroxyl groups is 1. The molecule has 7 aliphatic rings. The molecule has 18 heteroatoms. The van der Waals surface area contributed by atoms with Crippen LogP contribution in [0.3, 0.4) is 0 Å². The number of rotatable bonds is 7. The largest absolute Gasteiger partial charge is 0.507 e. The van der Waals surface area contributed by atoms with Gasteiger partial charge < -0.3 is 63.8 Å². The van der Waals surface area contributed by atoms with Crippen molar-refractivity contribution in [1.82, 2.24) is 0 Å². The van der Waals surface area contributed by atoms with E-state index in [1.807, 2.05) is 25.2 Å². The Bertz CT molecular complexity index is 2230. The number of phenolic OH excluding ortho intramolecular Hbond substituents is 1. The van der Waals surface area contributed by atoms with Crippen LogP contribution in [0.25, 0.3) is 0 Å². The summed E-state index contributed by atoms with van der Waals surface area (Å²) in [6.07, 6.45) is 2.05. The maximum absolute atomic E-state index is 14.7. The van der Waals surface area contributed by atoms with Crippen molar-refractivity contribution in [3.63, 3.8) is 0 Å². The molecule has 1 saturated carbocycles. The van der Waals surface area contributed by atoms with Crippen molar-refractivity contribution in [3.8, 4) is 5.75 Å². The molecule has 8 rings (SSSR count). The fourth-order valence-electron chi connectivity index (χ4n) is 11.5. The minimum atomic E-state index is -1.65. The third-order valence-corrected chi connectivity index (χ3v) is 15.7. The SMILES string of the molecule is Cc1c(Cl)ccc(O)c1C(=O)OC1C(O)CC(OC2C(C)OC(O[C@H]3CCC[C@@H]4[C@@H]3C=C[C@H]3CCCC/C=C/[C@@H]5C=C(C(=O)O)[C@H](C)C[C@]56OC(=O)C(=C6O)OC(=O)[C@@]43C)C(O)C2O)OC1C. The first-order valence-electron chi connectivity index (χ1n) is 23.3. The fourth-order valence-corrected chi connectivity index (χ4v) is 11.7. The molecule has 0 aromatic heterocycles. The Labute approximate surface area is 393 Å². The van der Waals surface area contributed by atoms with Gasteiger partial charge in [0.25, 0.3) is 5.76 Å². The van der Waals surface area contributed by atoms with E-state index in [1.54, 1.807) is 33.8 Å². The maximum Gasteiger partial charge on any atom is 0.379 e. The summed E-state index contributed by atoms with van der Waals surface area (Å²) in [5.74, 6) is -7.70. The zero-order chi connectivity index (χ0) is 48.3. The highest BCUT2D eigenvalue weighted by atomic mass is 35.5. The number of fused-ring (bicyclic) bond motifs is 3. The van der Waals surface area contributed by atoms with Crippen molar-refractivity contribution in [2.45, 2.75) is 159 Å². The molecule has 1 spiro atoms. The van der Waals surface area contributed by atoms with Gasteiger partial charge in [-0.2, -0.15) is 0 Å². The molecule has 0 amide bonds. The number of aliphatic hydroxyl groups excluding tert-OH is 4. The lowest BCUT2D eigenvalue weighted by Gasteiger charge is -2.51. The van der Waals surface area contributed by atoms with Crippen LogP contribution in [0.2, 0.25) is 5.02 Å². The number of halogens is 1. The van der Waals surface area contributed by atoms with Gasteiger partial charge in [0.15, 0.2) is 30.0 Å². The van der Waals surface area contributed by atoms with E-state index >= 15 is 0 Å². The lowest BCUT2D eigenvalue weighted by atomic mass is 9.55. The number of carbonyl (C=O) groups excluding carboxylic acids is 3. The van der Waals surface area contributed by atoms with E-state index in [1.165, 1.54) is 18.2 Å². The number of phenols is 1. The fraction of sp³-hybridized carbons (Fsp3) is 0.633. The third-order valence-electron chi connectivity index (χ3n) is 15.3. The zero-order valence-electron chi connectivity index (χ0n) is 38.1. The van der Waals surface area contributed by atoms with Gasteiger partial charge in [0.1, 0.15) is 29.6 Å². The molecule has 1 aromatic rings. The van der Waals surface area contributed by atoms with E-state index in [-0.39, 0.29) is 52.5 Å². The number of aliphatic hydroxyl groups is 4. The predicted octanol–water partition coefficient (Wildman–Crippen LogP) is 5.63. The van der Waals surface area contributed by atoms with E-state index in [2.05, 4.69) is 0 Å². The molecule has 366 valence electrons. The van der Waals surface area contributed by atoms with Crippen LogP contribution in [0.15, 0.2) is 59.6 Å². The van der Waals surface area contributed by atoms with Gasteiger partial charge in [0.05, 0.1) is 29.8 Å². The zero-order valence-corrected chi connectivity index (χ0v) is 38.9. The number of carbonyl (C=O) groups is 4. The second kappa shape index (κ2) is 19.2. The van der Waals surface area contributed by atoms with Gasteiger partial charge >= 0.3 is 23.9 Å². The van der Waals surface area contributed by atoms with Gasteiger partial charge in [-0.05, 0) is 95.2 Å². The van der Waals surface area contributed by atoms with E-state index in [0.29, 0.717) is 37.7 Å². The van der Waals surface area contributed by atoms with Gasteiger partial charge in [0.2, 0.25) is 0 Å². The first kappa shape index (κ1) is 49.1. The van der Waals surface area contributed by atoms with E-state index in [9.17, 15) is 49.8 Å². The van der Waals surface area contributed by atoms with Gasteiger partial charge in [-0.15, -0.1) is 0 Å². The van der Waals surface area contributed by atoms with Crippen molar-refractivity contribution in [1.29, 1.82) is 0 Å². The number of benzene rings is 1. The summed E-state index contributed by atoms with van der Waals surface area (Å²) in [6, 6.07) is 2.71. The van der Waals surface area contributed by atoms with Crippen LogP contribution in [0.1, 0.15) is 101 Å². The number of aliphatic carboxylic acids is 1. The second-order valence-corrected chi connectivity index (χ2v) is 19.9. The highest BCUT2D eigenvalue weighted by Crippen LogP contribution is 2.55.